The first kappa shape index (κ1) is 18.0. The summed E-state index contributed by atoms with van der Waals surface area (Å²) in [5.41, 5.74) is 2.09. The van der Waals surface area contributed by atoms with Crippen molar-refractivity contribution in [3.8, 4) is 11.1 Å². The minimum atomic E-state index is -0.991. The first-order valence-corrected chi connectivity index (χ1v) is 8.26. The Kier molecular flexibility index (Phi) is 6.33. The number of aliphatic hydroxyl groups is 1. The number of aliphatic carboxylic acids is 1. The fourth-order valence-electron chi connectivity index (χ4n) is 2.90. The van der Waals surface area contributed by atoms with Crippen LogP contribution in [0.15, 0.2) is 67.3 Å². The fourth-order valence-corrected chi connectivity index (χ4v) is 2.90. The Balaban J connectivity index is 2.12. The molecule has 2 aromatic rings. The minimum absolute atomic E-state index is 0.136. The van der Waals surface area contributed by atoms with E-state index in [1.807, 2.05) is 42.5 Å². The largest absolute Gasteiger partial charge is 0.481 e. The Hall–Kier alpha value is -2.39. The van der Waals surface area contributed by atoms with Crippen LogP contribution in [-0.4, -0.2) is 16.2 Å². The Bertz CT molecular complexity index is 661. The van der Waals surface area contributed by atoms with Gasteiger partial charge in [0.2, 0.25) is 0 Å². The molecule has 2 aromatic carbocycles. The molecule has 0 aliphatic rings. The summed E-state index contributed by atoms with van der Waals surface area (Å²) < 4.78 is 0. The third kappa shape index (κ3) is 4.80. The number of unbranched alkanes of at least 4 members (excludes halogenated alkanes) is 1. The Morgan fingerprint density at radius 2 is 1.62 bits per heavy atom. The van der Waals surface area contributed by atoms with Crippen LogP contribution in [0.4, 0.5) is 0 Å². The highest BCUT2D eigenvalue weighted by atomic mass is 16.4. The predicted molar refractivity (Wildman–Crippen MR) is 96.7 cm³/mol. The van der Waals surface area contributed by atoms with Crippen molar-refractivity contribution in [3.63, 3.8) is 0 Å². The molecular weight excluding hydrogens is 300 g/mol. The van der Waals surface area contributed by atoms with Gasteiger partial charge in [-0.3, -0.25) is 4.79 Å². The molecule has 126 valence electrons. The van der Waals surface area contributed by atoms with Crippen LogP contribution < -0.4 is 0 Å². The van der Waals surface area contributed by atoms with E-state index in [4.69, 9.17) is 5.11 Å². The fraction of sp³-hybridized carbons (Fsp3) is 0.286. The molecule has 3 nitrogen and oxygen atoms in total. The molecule has 0 spiro atoms. The van der Waals surface area contributed by atoms with E-state index in [2.05, 4.69) is 18.7 Å². The van der Waals surface area contributed by atoms with Gasteiger partial charge in [-0.25, -0.2) is 0 Å². The van der Waals surface area contributed by atoms with Gasteiger partial charge in [0.25, 0.3) is 0 Å². The van der Waals surface area contributed by atoms with Crippen LogP contribution in [0.25, 0.3) is 11.1 Å². The summed E-state index contributed by atoms with van der Waals surface area (Å²) in [6, 6.07) is 18.0. The summed E-state index contributed by atoms with van der Waals surface area (Å²) in [7, 11) is 0. The molecule has 0 radical (unpaired) electrons. The summed E-state index contributed by atoms with van der Waals surface area (Å²) in [6.45, 7) is 3.74. The van der Waals surface area contributed by atoms with Crippen molar-refractivity contribution >= 4 is 5.97 Å². The molecule has 0 bridgehead atoms. The van der Waals surface area contributed by atoms with Gasteiger partial charge in [0.15, 0.2) is 0 Å². The first-order valence-electron chi connectivity index (χ1n) is 8.26. The Morgan fingerprint density at radius 3 is 2.21 bits per heavy atom. The second-order valence-electron chi connectivity index (χ2n) is 6.07. The van der Waals surface area contributed by atoms with Crippen molar-refractivity contribution in [2.75, 3.05) is 0 Å². The number of carboxylic acid groups (broad SMARTS) is 1. The molecule has 0 saturated heterocycles. The highest BCUT2D eigenvalue weighted by Crippen LogP contribution is 2.33. The van der Waals surface area contributed by atoms with Gasteiger partial charge in [-0.1, -0.05) is 60.7 Å². The molecule has 0 aromatic heterocycles. The second-order valence-corrected chi connectivity index (χ2v) is 6.07. The van der Waals surface area contributed by atoms with Crippen LogP contribution in [0.3, 0.4) is 0 Å². The molecule has 2 N–H and O–H groups in total. The molecule has 0 aliphatic heterocycles. The quantitative estimate of drug-likeness (QED) is 0.516. The molecule has 0 saturated carbocycles. The molecule has 1 unspecified atom stereocenters. The van der Waals surface area contributed by atoms with E-state index in [1.54, 1.807) is 6.08 Å². The van der Waals surface area contributed by atoms with Crippen LogP contribution in [0.5, 0.6) is 0 Å². The van der Waals surface area contributed by atoms with Crippen LogP contribution in [0.1, 0.15) is 37.7 Å². The summed E-state index contributed by atoms with van der Waals surface area (Å²) in [6.07, 6.45) is 4.05. The van der Waals surface area contributed by atoms with E-state index in [0.29, 0.717) is 25.7 Å². The van der Waals surface area contributed by atoms with Gasteiger partial charge in [-0.2, -0.15) is 0 Å². The van der Waals surface area contributed by atoms with Gasteiger partial charge in [0, 0.05) is 6.42 Å². The molecule has 0 aliphatic carbocycles. The normalized spacial score (nSPS) is 13.2. The standard InChI is InChI=1S/C21H24O3/c1-2-15-21(24,16-7-6-10-20(22)23)19-13-11-18(12-14-19)17-8-4-3-5-9-17/h2-5,8-9,11-14,24H,1,6-7,10,15-16H2,(H,22,23). The zero-order valence-corrected chi connectivity index (χ0v) is 13.8. The molecule has 2 rings (SSSR count). The smallest absolute Gasteiger partial charge is 0.303 e. The summed E-state index contributed by atoms with van der Waals surface area (Å²) in [5, 5.41) is 19.7. The highest BCUT2D eigenvalue weighted by Gasteiger charge is 2.27. The van der Waals surface area contributed by atoms with E-state index in [0.717, 1.165) is 16.7 Å². The van der Waals surface area contributed by atoms with Crippen molar-refractivity contribution < 1.29 is 15.0 Å². The van der Waals surface area contributed by atoms with Crippen molar-refractivity contribution in [3.05, 3.63) is 72.8 Å². The van der Waals surface area contributed by atoms with E-state index in [9.17, 15) is 9.90 Å². The van der Waals surface area contributed by atoms with Gasteiger partial charge < -0.3 is 10.2 Å². The maximum atomic E-state index is 11.0. The Labute approximate surface area is 143 Å². The number of hydrogen-bond donors (Lipinski definition) is 2. The molecule has 24 heavy (non-hydrogen) atoms. The van der Waals surface area contributed by atoms with Crippen LogP contribution in [-0.2, 0) is 10.4 Å². The minimum Gasteiger partial charge on any atom is -0.481 e. The van der Waals surface area contributed by atoms with Crippen molar-refractivity contribution in [1.82, 2.24) is 0 Å². The molecule has 0 amide bonds. The second kappa shape index (κ2) is 8.46. The number of rotatable bonds is 9. The number of carbonyl (C=O) groups is 1. The van der Waals surface area contributed by atoms with Gasteiger partial charge in [-0.05, 0) is 42.4 Å². The third-order valence-corrected chi connectivity index (χ3v) is 4.24. The van der Waals surface area contributed by atoms with Gasteiger partial charge in [0.05, 0.1) is 5.60 Å². The maximum Gasteiger partial charge on any atom is 0.303 e. The molecule has 0 fully saturated rings. The SMILES string of the molecule is C=CCC(O)(CCCCC(=O)O)c1ccc(-c2ccccc2)cc1. The highest BCUT2D eigenvalue weighted by molar-refractivity contribution is 5.66. The van der Waals surface area contributed by atoms with E-state index in [1.165, 1.54) is 0 Å². The zero-order valence-electron chi connectivity index (χ0n) is 13.8. The lowest BCUT2D eigenvalue weighted by Crippen LogP contribution is -2.25. The van der Waals surface area contributed by atoms with Crippen molar-refractivity contribution in [2.45, 2.75) is 37.7 Å². The molecular formula is C21H24O3. The summed E-state index contributed by atoms with van der Waals surface area (Å²) >= 11 is 0. The van der Waals surface area contributed by atoms with E-state index < -0.39 is 11.6 Å². The molecule has 0 heterocycles. The topological polar surface area (TPSA) is 57.5 Å². The van der Waals surface area contributed by atoms with Crippen LogP contribution >= 0.6 is 0 Å². The molecule has 1 atom stereocenters. The lowest BCUT2D eigenvalue weighted by molar-refractivity contribution is -0.137. The van der Waals surface area contributed by atoms with Gasteiger partial charge >= 0.3 is 5.97 Å². The van der Waals surface area contributed by atoms with Gasteiger partial charge in [0.1, 0.15) is 0 Å². The molecule has 3 heteroatoms. The average Bonchev–Trinajstić information content (AvgIpc) is 2.60. The predicted octanol–water partition coefficient (Wildman–Crippen LogP) is 4.76. The Morgan fingerprint density at radius 1 is 1.00 bits per heavy atom. The summed E-state index contributed by atoms with van der Waals surface area (Å²) in [4.78, 5) is 10.6. The van der Waals surface area contributed by atoms with Crippen molar-refractivity contribution in [2.24, 2.45) is 0 Å². The van der Waals surface area contributed by atoms with E-state index in [-0.39, 0.29) is 6.42 Å². The number of benzene rings is 2. The zero-order chi connectivity index (χ0) is 17.4. The lowest BCUT2D eigenvalue weighted by atomic mass is 9.84. The maximum absolute atomic E-state index is 11.0. The number of carboxylic acids is 1. The first-order chi connectivity index (χ1) is 11.5. The van der Waals surface area contributed by atoms with Crippen molar-refractivity contribution in [1.29, 1.82) is 0 Å². The monoisotopic (exact) mass is 324 g/mol. The third-order valence-electron chi connectivity index (χ3n) is 4.24. The lowest BCUT2D eigenvalue weighted by Gasteiger charge is -2.28. The summed E-state index contributed by atoms with van der Waals surface area (Å²) in [5.74, 6) is -0.797. The number of hydrogen-bond acceptors (Lipinski definition) is 2. The van der Waals surface area contributed by atoms with Crippen LogP contribution in [0, 0.1) is 0 Å². The average molecular weight is 324 g/mol. The van der Waals surface area contributed by atoms with Gasteiger partial charge in [-0.15, -0.1) is 6.58 Å². The van der Waals surface area contributed by atoms with Crippen LogP contribution in [0.2, 0.25) is 0 Å². The van der Waals surface area contributed by atoms with E-state index >= 15 is 0 Å².